The van der Waals surface area contributed by atoms with Crippen LogP contribution in [0.3, 0.4) is 0 Å². The first-order valence-electron chi connectivity index (χ1n) is 8.98. The van der Waals surface area contributed by atoms with Crippen LogP contribution in [0.4, 0.5) is 18.0 Å². The monoisotopic (exact) mass is 388 g/mol. The second-order valence-electron chi connectivity index (χ2n) is 7.20. The molecule has 1 saturated heterocycles. The van der Waals surface area contributed by atoms with E-state index in [2.05, 4.69) is 4.98 Å². The number of alkyl halides is 3. The number of nitrogens with zero attached hydrogens (tertiary/aromatic N) is 2. The summed E-state index contributed by atoms with van der Waals surface area (Å²) in [6.45, 7) is -0.417. The number of piperidine rings is 1. The third kappa shape index (κ3) is 4.63. The van der Waals surface area contributed by atoms with Crippen LogP contribution in [0.25, 0.3) is 0 Å². The Morgan fingerprint density at radius 3 is 2.56 bits per heavy atom. The Morgan fingerprint density at radius 2 is 2.04 bits per heavy atom. The molecule has 1 atom stereocenters. The van der Waals surface area contributed by atoms with Crippen LogP contribution in [0, 0.1) is 5.41 Å². The number of halogens is 3. The highest BCUT2D eigenvalue weighted by Gasteiger charge is 2.47. The van der Waals surface area contributed by atoms with E-state index in [1.165, 1.54) is 23.2 Å². The maximum atomic E-state index is 12.5. The van der Waals surface area contributed by atoms with Crippen LogP contribution < -0.4 is 4.74 Å². The van der Waals surface area contributed by atoms with Crippen molar-refractivity contribution in [3.63, 3.8) is 0 Å². The van der Waals surface area contributed by atoms with Crippen molar-refractivity contribution < 1.29 is 32.5 Å². The lowest BCUT2D eigenvalue weighted by atomic mass is 9.61. The predicted molar refractivity (Wildman–Crippen MR) is 89.4 cm³/mol. The molecule has 2 aliphatic rings. The van der Waals surface area contributed by atoms with Gasteiger partial charge >= 0.3 is 6.09 Å². The van der Waals surface area contributed by atoms with Crippen molar-refractivity contribution in [3.8, 4) is 5.75 Å². The van der Waals surface area contributed by atoms with Crippen LogP contribution in [0.1, 0.15) is 37.8 Å². The van der Waals surface area contributed by atoms with E-state index in [1.807, 2.05) is 0 Å². The number of pyridine rings is 1. The Bertz CT molecular complexity index is 624. The molecule has 2 fully saturated rings. The summed E-state index contributed by atoms with van der Waals surface area (Å²) < 4.78 is 48.3. The Labute approximate surface area is 155 Å². The molecule has 1 amide bonds. The van der Waals surface area contributed by atoms with Crippen LogP contribution in [0.15, 0.2) is 18.3 Å². The molecule has 1 N–H and O–H groups in total. The van der Waals surface area contributed by atoms with Crippen molar-refractivity contribution in [1.82, 2.24) is 9.88 Å². The highest BCUT2D eigenvalue weighted by atomic mass is 19.3. The second kappa shape index (κ2) is 8.33. The number of aromatic nitrogens is 1. The van der Waals surface area contributed by atoms with Crippen molar-refractivity contribution >= 4 is 6.09 Å². The summed E-state index contributed by atoms with van der Waals surface area (Å²) in [7, 11) is 0. The first-order valence-corrected chi connectivity index (χ1v) is 8.98. The van der Waals surface area contributed by atoms with E-state index >= 15 is 0 Å². The van der Waals surface area contributed by atoms with Gasteiger partial charge in [-0.25, -0.2) is 18.0 Å². The average Bonchev–Trinajstić information content (AvgIpc) is 2.65. The molecule has 1 unspecified atom stereocenters. The van der Waals surface area contributed by atoms with E-state index in [0.717, 1.165) is 25.7 Å². The molecule has 6 nitrogen and oxygen atoms in total. The van der Waals surface area contributed by atoms with Crippen molar-refractivity contribution in [2.45, 2.75) is 44.3 Å². The van der Waals surface area contributed by atoms with Gasteiger partial charge in [-0.3, -0.25) is 4.98 Å². The molecule has 9 heteroatoms. The van der Waals surface area contributed by atoms with E-state index in [9.17, 15) is 18.0 Å². The van der Waals surface area contributed by atoms with Crippen molar-refractivity contribution in [2.24, 2.45) is 5.41 Å². The topological polar surface area (TPSA) is 71.9 Å². The van der Waals surface area contributed by atoms with E-state index in [1.54, 1.807) is 0 Å². The maximum absolute atomic E-state index is 12.5. The molecule has 0 aromatic carbocycles. The minimum absolute atomic E-state index is 0.00742. The molecule has 1 aliphatic carbocycles. The lowest BCUT2D eigenvalue weighted by molar-refractivity contribution is -0.0576. The summed E-state index contributed by atoms with van der Waals surface area (Å²) in [6, 6.07) is 2.76. The van der Waals surface area contributed by atoms with Crippen molar-refractivity contribution in [1.29, 1.82) is 0 Å². The van der Waals surface area contributed by atoms with Crippen LogP contribution in [-0.2, 0) is 4.74 Å². The summed E-state index contributed by atoms with van der Waals surface area (Å²) in [6.07, 6.45) is 0.265. The minimum atomic E-state index is -2.60. The molecule has 1 aromatic rings. The van der Waals surface area contributed by atoms with Gasteiger partial charge in [-0.2, -0.15) is 0 Å². The Morgan fingerprint density at radius 1 is 1.33 bits per heavy atom. The van der Waals surface area contributed by atoms with E-state index in [-0.39, 0.29) is 17.2 Å². The summed E-state index contributed by atoms with van der Waals surface area (Å²) in [5.41, 5.74) is -0.170. The fourth-order valence-electron chi connectivity index (χ4n) is 3.68. The van der Waals surface area contributed by atoms with Crippen molar-refractivity contribution in [3.05, 3.63) is 24.0 Å². The van der Waals surface area contributed by atoms with Gasteiger partial charge in [-0.05, 0) is 43.2 Å². The highest BCUT2D eigenvalue weighted by Crippen LogP contribution is 2.50. The number of rotatable bonds is 6. The standard InChI is InChI=1S/C18H23F3N2O4/c19-9-14(11-24)27-17(25)23-5-3-18(4-6-23)7-13(8-18)26-12-1-2-15(16(20)21)22-10-12/h1-2,10,13-14,16,24H,3-9,11H2. The predicted octanol–water partition coefficient (Wildman–Crippen LogP) is 3.11. The zero-order valence-electron chi connectivity index (χ0n) is 14.8. The fraction of sp³-hybridized carbons (Fsp3) is 0.667. The number of amides is 1. The van der Waals surface area contributed by atoms with E-state index in [4.69, 9.17) is 14.6 Å². The van der Waals surface area contributed by atoms with Gasteiger partial charge in [-0.1, -0.05) is 0 Å². The van der Waals surface area contributed by atoms with Gasteiger partial charge in [0.1, 0.15) is 18.1 Å². The van der Waals surface area contributed by atoms with Crippen LogP contribution in [0.5, 0.6) is 5.75 Å². The number of carbonyl (C=O) groups excluding carboxylic acids is 1. The molecule has 0 radical (unpaired) electrons. The molecule has 150 valence electrons. The lowest BCUT2D eigenvalue weighted by Gasteiger charge is -2.51. The fourth-order valence-corrected chi connectivity index (χ4v) is 3.68. The molecule has 3 rings (SSSR count). The van der Waals surface area contributed by atoms with Gasteiger partial charge < -0.3 is 19.5 Å². The highest BCUT2D eigenvalue weighted by molar-refractivity contribution is 5.68. The zero-order valence-corrected chi connectivity index (χ0v) is 14.8. The van der Waals surface area contributed by atoms with Gasteiger partial charge in [0.25, 0.3) is 6.43 Å². The average molecular weight is 388 g/mol. The molecule has 27 heavy (non-hydrogen) atoms. The van der Waals surface area contributed by atoms with Gasteiger partial charge in [0.05, 0.1) is 18.9 Å². The quantitative estimate of drug-likeness (QED) is 0.811. The van der Waals surface area contributed by atoms with E-state index in [0.29, 0.717) is 18.8 Å². The van der Waals surface area contributed by atoms with Gasteiger partial charge in [0.2, 0.25) is 0 Å². The third-order valence-electron chi connectivity index (χ3n) is 5.33. The first kappa shape index (κ1) is 19.7. The zero-order chi connectivity index (χ0) is 19.4. The normalized spacial score (nSPS) is 20.4. The number of aliphatic hydroxyl groups excluding tert-OH is 1. The summed E-state index contributed by atoms with van der Waals surface area (Å²) >= 11 is 0. The maximum Gasteiger partial charge on any atom is 0.410 e. The number of aliphatic hydroxyl groups is 1. The third-order valence-corrected chi connectivity index (χ3v) is 5.33. The van der Waals surface area contributed by atoms with Gasteiger partial charge in [0.15, 0.2) is 6.10 Å². The van der Waals surface area contributed by atoms with Gasteiger partial charge in [0, 0.05) is 13.1 Å². The molecule has 1 saturated carbocycles. The molecular weight excluding hydrogens is 365 g/mol. The smallest absolute Gasteiger partial charge is 0.410 e. The summed E-state index contributed by atoms with van der Waals surface area (Å²) in [5.74, 6) is 0.474. The molecule has 0 bridgehead atoms. The number of hydrogen-bond acceptors (Lipinski definition) is 5. The summed E-state index contributed by atoms with van der Waals surface area (Å²) in [5, 5.41) is 8.90. The Hall–Kier alpha value is -2.03. The Kier molecular flexibility index (Phi) is 6.08. The first-order chi connectivity index (χ1) is 12.9. The number of carbonyl (C=O) groups is 1. The van der Waals surface area contributed by atoms with Crippen LogP contribution in [0.2, 0.25) is 0 Å². The summed E-state index contributed by atoms with van der Waals surface area (Å²) in [4.78, 5) is 17.2. The number of likely N-dealkylation sites (tertiary alicyclic amines) is 1. The van der Waals surface area contributed by atoms with Crippen LogP contribution in [-0.4, -0.2) is 59.7 Å². The van der Waals surface area contributed by atoms with E-state index < -0.39 is 31.9 Å². The molecule has 1 aromatic heterocycles. The second-order valence-corrected chi connectivity index (χ2v) is 7.20. The molecule has 2 heterocycles. The largest absolute Gasteiger partial charge is 0.489 e. The Balaban J connectivity index is 1.42. The molecule has 1 aliphatic heterocycles. The van der Waals surface area contributed by atoms with Gasteiger partial charge in [-0.15, -0.1) is 0 Å². The molecular formula is C18H23F3N2O4. The SMILES string of the molecule is O=C(OC(CO)CF)N1CCC2(CC1)CC(Oc1ccc(C(F)F)nc1)C2. The van der Waals surface area contributed by atoms with Crippen molar-refractivity contribution in [2.75, 3.05) is 26.4 Å². The molecule has 1 spiro atoms. The number of ether oxygens (including phenoxy) is 2. The van der Waals surface area contributed by atoms with Crippen LogP contribution >= 0.6 is 0 Å². The minimum Gasteiger partial charge on any atom is -0.489 e. The lowest BCUT2D eigenvalue weighted by Crippen LogP contribution is -2.52. The number of hydrogen-bond donors (Lipinski definition) is 1.